The Bertz CT molecular complexity index is 484. The molecule has 1 aliphatic heterocycles. The molecule has 4 N–H and O–H groups in total. The smallest absolute Gasteiger partial charge is 0.234 e. The third kappa shape index (κ3) is 7.59. The number of nitrogens with zero attached hydrogens (tertiary/aromatic N) is 2. The molecular weight excluding hydrogens is 332 g/mol. The lowest BCUT2D eigenvalue weighted by Gasteiger charge is -2.33. The summed E-state index contributed by atoms with van der Waals surface area (Å²) in [4.78, 5) is 30.1. The highest BCUT2D eigenvalue weighted by molar-refractivity contribution is 5.84. The SMILES string of the molecule is CCCNC(=O)CN1CCC(NC(=NC)NCC(C)(C)C(=O)NC)CC1. The molecular formula is C18H36N6O2. The average Bonchev–Trinajstić information content (AvgIpc) is 2.64. The van der Waals surface area contributed by atoms with E-state index in [1.807, 2.05) is 20.8 Å². The first-order valence-corrected chi connectivity index (χ1v) is 9.50. The molecule has 1 saturated heterocycles. The fourth-order valence-electron chi connectivity index (χ4n) is 2.87. The average molecular weight is 369 g/mol. The monoisotopic (exact) mass is 368 g/mol. The van der Waals surface area contributed by atoms with Crippen LogP contribution >= 0.6 is 0 Å². The van der Waals surface area contributed by atoms with Gasteiger partial charge in [-0.15, -0.1) is 0 Å². The lowest BCUT2D eigenvalue weighted by Crippen LogP contribution is -2.52. The van der Waals surface area contributed by atoms with Crippen molar-refractivity contribution in [2.75, 3.05) is 46.8 Å². The van der Waals surface area contributed by atoms with E-state index in [-0.39, 0.29) is 11.8 Å². The highest BCUT2D eigenvalue weighted by Gasteiger charge is 2.27. The number of rotatable bonds is 8. The van der Waals surface area contributed by atoms with Crippen LogP contribution in [0.1, 0.15) is 40.0 Å². The number of amides is 2. The summed E-state index contributed by atoms with van der Waals surface area (Å²) in [6.45, 7) is 9.33. The van der Waals surface area contributed by atoms with E-state index in [9.17, 15) is 9.59 Å². The summed E-state index contributed by atoms with van der Waals surface area (Å²) >= 11 is 0. The van der Waals surface area contributed by atoms with E-state index >= 15 is 0 Å². The summed E-state index contributed by atoms with van der Waals surface area (Å²) in [5.74, 6) is 0.809. The Balaban J connectivity index is 2.36. The van der Waals surface area contributed by atoms with Crippen molar-refractivity contribution in [3.8, 4) is 0 Å². The van der Waals surface area contributed by atoms with E-state index in [0.717, 1.165) is 38.9 Å². The largest absolute Gasteiger partial charge is 0.359 e. The fourth-order valence-corrected chi connectivity index (χ4v) is 2.87. The third-order valence-electron chi connectivity index (χ3n) is 4.63. The molecule has 0 saturated carbocycles. The van der Waals surface area contributed by atoms with E-state index in [2.05, 4.69) is 31.2 Å². The molecule has 0 aromatic carbocycles. The summed E-state index contributed by atoms with van der Waals surface area (Å²) in [6, 6.07) is 0.319. The van der Waals surface area contributed by atoms with Crippen molar-refractivity contribution in [3.63, 3.8) is 0 Å². The van der Waals surface area contributed by atoms with Gasteiger partial charge in [-0.3, -0.25) is 19.5 Å². The lowest BCUT2D eigenvalue weighted by atomic mass is 9.92. The van der Waals surface area contributed by atoms with Crippen LogP contribution in [0.2, 0.25) is 0 Å². The Morgan fingerprint density at radius 1 is 1.19 bits per heavy atom. The molecule has 1 aliphatic rings. The Hall–Kier alpha value is -1.83. The maximum absolute atomic E-state index is 11.9. The topological polar surface area (TPSA) is 97.9 Å². The zero-order valence-corrected chi connectivity index (χ0v) is 16.9. The molecule has 0 aromatic heterocycles. The van der Waals surface area contributed by atoms with Crippen LogP contribution in [0.5, 0.6) is 0 Å². The van der Waals surface area contributed by atoms with Gasteiger partial charge in [-0.2, -0.15) is 0 Å². The lowest BCUT2D eigenvalue weighted by molar-refractivity contribution is -0.128. The van der Waals surface area contributed by atoms with Crippen LogP contribution in [0, 0.1) is 5.41 Å². The van der Waals surface area contributed by atoms with Crippen LogP contribution in [0.4, 0.5) is 0 Å². The molecule has 0 spiro atoms. The second kappa shape index (κ2) is 11.0. The first-order chi connectivity index (χ1) is 12.3. The van der Waals surface area contributed by atoms with Crippen molar-refractivity contribution < 1.29 is 9.59 Å². The quantitative estimate of drug-likeness (QED) is 0.355. The number of piperidine rings is 1. The molecule has 2 amide bonds. The van der Waals surface area contributed by atoms with Gasteiger partial charge in [-0.25, -0.2) is 0 Å². The third-order valence-corrected chi connectivity index (χ3v) is 4.63. The second-order valence-corrected chi connectivity index (χ2v) is 7.43. The summed E-state index contributed by atoms with van der Waals surface area (Å²) in [5, 5.41) is 12.3. The minimum atomic E-state index is -0.512. The van der Waals surface area contributed by atoms with E-state index in [0.29, 0.717) is 25.1 Å². The van der Waals surface area contributed by atoms with E-state index in [4.69, 9.17) is 0 Å². The van der Waals surface area contributed by atoms with Crippen LogP contribution in [-0.4, -0.2) is 75.5 Å². The minimum Gasteiger partial charge on any atom is -0.359 e. The van der Waals surface area contributed by atoms with Crippen molar-refractivity contribution in [1.29, 1.82) is 0 Å². The molecule has 0 unspecified atom stereocenters. The first-order valence-electron chi connectivity index (χ1n) is 9.50. The molecule has 150 valence electrons. The van der Waals surface area contributed by atoms with Gasteiger partial charge in [0.25, 0.3) is 0 Å². The predicted molar refractivity (Wildman–Crippen MR) is 105 cm³/mol. The maximum atomic E-state index is 11.9. The molecule has 0 radical (unpaired) electrons. The Morgan fingerprint density at radius 2 is 1.85 bits per heavy atom. The van der Waals surface area contributed by atoms with Gasteiger partial charge in [-0.1, -0.05) is 6.92 Å². The van der Waals surface area contributed by atoms with Crippen molar-refractivity contribution >= 4 is 17.8 Å². The highest BCUT2D eigenvalue weighted by Crippen LogP contribution is 2.13. The van der Waals surface area contributed by atoms with Gasteiger partial charge < -0.3 is 21.3 Å². The van der Waals surface area contributed by atoms with Crippen LogP contribution < -0.4 is 21.3 Å². The number of hydrogen-bond acceptors (Lipinski definition) is 4. The van der Waals surface area contributed by atoms with Gasteiger partial charge in [0.15, 0.2) is 5.96 Å². The van der Waals surface area contributed by atoms with Gasteiger partial charge >= 0.3 is 0 Å². The zero-order valence-electron chi connectivity index (χ0n) is 16.9. The molecule has 0 atom stereocenters. The molecule has 1 rings (SSSR count). The minimum absolute atomic E-state index is 0.00453. The number of carbonyl (C=O) groups excluding carboxylic acids is 2. The summed E-state index contributed by atoms with van der Waals surface area (Å²) in [5.41, 5.74) is -0.512. The maximum Gasteiger partial charge on any atom is 0.234 e. The molecule has 8 nitrogen and oxygen atoms in total. The summed E-state index contributed by atoms with van der Waals surface area (Å²) in [6.07, 6.45) is 2.88. The Labute approximate surface area is 157 Å². The van der Waals surface area contributed by atoms with E-state index < -0.39 is 5.41 Å². The molecule has 26 heavy (non-hydrogen) atoms. The van der Waals surface area contributed by atoms with Crippen LogP contribution in [0.15, 0.2) is 4.99 Å². The van der Waals surface area contributed by atoms with Crippen molar-refractivity contribution in [3.05, 3.63) is 0 Å². The molecule has 1 heterocycles. The van der Waals surface area contributed by atoms with Crippen molar-refractivity contribution in [1.82, 2.24) is 26.2 Å². The number of likely N-dealkylation sites (tertiary alicyclic amines) is 1. The van der Waals surface area contributed by atoms with Gasteiger partial charge in [0.2, 0.25) is 11.8 Å². The van der Waals surface area contributed by atoms with Crippen LogP contribution in [0.25, 0.3) is 0 Å². The first kappa shape index (κ1) is 22.2. The van der Waals surface area contributed by atoms with Crippen LogP contribution in [0.3, 0.4) is 0 Å². The standard InChI is InChI=1S/C18H36N6O2/c1-6-9-21-15(25)12-24-10-7-14(8-11-24)23-17(20-5)22-13-18(2,3)16(26)19-4/h14H,6-13H2,1-5H3,(H,19,26)(H,21,25)(H2,20,22,23). The van der Waals surface area contributed by atoms with Crippen LogP contribution in [-0.2, 0) is 9.59 Å². The molecule has 1 fully saturated rings. The molecule has 8 heteroatoms. The molecule has 0 bridgehead atoms. The molecule has 0 aliphatic carbocycles. The molecule has 0 aromatic rings. The fraction of sp³-hybridized carbons (Fsp3) is 0.833. The number of hydrogen-bond donors (Lipinski definition) is 4. The normalized spacial score (nSPS) is 16.9. The summed E-state index contributed by atoms with van der Waals surface area (Å²) in [7, 11) is 3.38. The number of guanidine groups is 1. The van der Waals surface area contributed by atoms with E-state index in [1.54, 1.807) is 14.1 Å². The van der Waals surface area contributed by atoms with E-state index in [1.165, 1.54) is 0 Å². The Morgan fingerprint density at radius 3 is 2.38 bits per heavy atom. The van der Waals surface area contributed by atoms with Gasteiger partial charge in [-0.05, 0) is 33.1 Å². The summed E-state index contributed by atoms with van der Waals surface area (Å²) < 4.78 is 0. The zero-order chi connectivity index (χ0) is 19.6. The Kier molecular flexibility index (Phi) is 9.40. The number of nitrogens with one attached hydrogen (secondary N) is 4. The predicted octanol–water partition coefficient (Wildman–Crippen LogP) is -0.0858. The van der Waals surface area contributed by atoms with Gasteiger partial charge in [0.1, 0.15) is 0 Å². The number of aliphatic imine (C=N–C) groups is 1. The number of carbonyl (C=O) groups is 2. The second-order valence-electron chi connectivity index (χ2n) is 7.43. The van der Waals surface area contributed by atoms with Crippen molar-refractivity contribution in [2.45, 2.75) is 46.1 Å². The van der Waals surface area contributed by atoms with Gasteiger partial charge in [0.05, 0.1) is 12.0 Å². The highest BCUT2D eigenvalue weighted by atomic mass is 16.2. The van der Waals surface area contributed by atoms with Gasteiger partial charge in [0, 0.05) is 46.3 Å². The van der Waals surface area contributed by atoms with Crippen molar-refractivity contribution in [2.24, 2.45) is 10.4 Å².